The van der Waals surface area contributed by atoms with Gasteiger partial charge in [0.15, 0.2) is 15.7 Å². The van der Waals surface area contributed by atoms with Crippen LogP contribution in [-0.4, -0.2) is 58.4 Å². The second kappa shape index (κ2) is 9.65. The third-order valence-corrected chi connectivity index (χ3v) is 8.74. The van der Waals surface area contributed by atoms with Crippen LogP contribution in [-0.2, 0) is 16.4 Å². The first-order valence-corrected chi connectivity index (χ1v) is 14.9. The van der Waals surface area contributed by atoms with Crippen LogP contribution in [0, 0.1) is 12.8 Å². The molecule has 200 valence electrons. The molecule has 3 aromatic rings. The minimum atomic E-state index is -3.66. The molecule has 1 aliphatic carbocycles. The van der Waals surface area contributed by atoms with Crippen molar-refractivity contribution in [2.45, 2.75) is 70.5 Å². The highest BCUT2D eigenvalue weighted by Crippen LogP contribution is 2.41. The number of benzene rings is 1. The summed E-state index contributed by atoms with van der Waals surface area (Å²) < 4.78 is 25.6. The van der Waals surface area contributed by atoms with E-state index in [1.807, 2.05) is 32.9 Å². The predicted octanol–water partition coefficient (Wildman–Crippen LogP) is 4.13. The van der Waals surface area contributed by atoms with E-state index in [0.29, 0.717) is 40.9 Å². The second-order valence-electron chi connectivity index (χ2n) is 10.6. The summed E-state index contributed by atoms with van der Waals surface area (Å²) in [6.07, 6.45) is 5.77. The number of amides is 2. The number of aryl methyl sites for hydroxylation is 1. The molecule has 0 spiro atoms. The van der Waals surface area contributed by atoms with Gasteiger partial charge in [-0.3, -0.25) is 14.6 Å². The lowest BCUT2D eigenvalue weighted by atomic mass is 10.0. The normalized spacial score (nSPS) is 16.9. The fourth-order valence-corrected chi connectivity index (χ4v) is 5.93. The topological polar surface area (TPSA) is 125 Å². The molecule has 9 nitrogen and oxygen atoms in total. The Kier molecular flexibility index (Phi) is 6.63. The van der Waals surface area contributed by atoms with Crippen molar-refractivity contribution < 1.29 is 18.0 Å². The predicted molar refractivity (Wildman–Crippen MR) is 144 cm³/mol. The molecule has 1 fully saturated rings. The van der Waals surface area contributed by atoms with Gasteiger partial charge in [0.2, 0.25) is 0 Å². The maximum absolute atomic E-state index is 13.3. The molecule has 2 N–H and O–H groups in total. The fourth-order valence-electron chi connectivity index (χ4n) is 5.00. The Bertz CT molecular complexity index is 1540. The highest BCUT2D eigenvalue weighted by Gasteiger charge is 2.40. The average Bonchev–Trinajstić information content (AvgIpc) is 3.58. The van der Waals surface area contributed by atoms with Crippen LogP contribution in [0.5, 0.6) is 0 Å². The van der Waals surface area contributed by atoms with E-state index >= 15 is 0 Å². The largest absolute Gasteiger partial charge is 0.348 e. The number of hydrogen-bond donors (Lipinski definition) is 2. The van der Waals surface area contributed by atoms with Gasteiger partial charge >= 0.3 is 0 Å². The molecule has 0 saturated heterocycles. The summed E-state index contributed by atoms with van der Waals surface area (Å²) >= 11 is 0. The van der Waals surface area contributed by atoms with Gasteiger partial charge in [0.1, 0.15) is 11.4 Å². The molecule has 2 unspecified atom stereocenters. The molecular weight excluding hydrogens is 502 g/mol. The molecular formula is C28H33N5O4S. The van der Waals surface area contributed by atoms with Gasteiger partial charge < -0.3 is 15.2 Å². The molecule has 2 aromatic heterocycles. The highest BCUT2D eigenvalue weighted by atomic mass is 32.2. The number of rotatable bonds is 8. The van der Waals surface area contributed by atoms with Crippen LogP contribution in [0.1, 0.15) is 72.1 Å². The lowest BCUT2D eigenvalue weighted by Gasteiger charge is -2.24. The Hall–Kier alpha value is -3.53. The summed E-state index contributed by atoms with van der Waals surface area (Å²) in [6.45, 7) is 8.16. The number of H-pyrrole nitrogens is 1. The summed E-state index contributed by atoms with van der Waals surface area (Å²) in [5.41, 5.74) is 3.90. The van der Waals surface area contributed by atoms with Crippen LogP contribution >= 0.6 is 0 Å². The Morgan fingerprint density at radius 2 is 1.95 bits per heavy atom. The zero-order valence-corrected chi connectivity index (χ0v) is 23.1. The fraction of sp³-hybridized carbons (Fsp3) is 0.429. The highest BCUT2D eigenvalue weighted by molar-refractivity contribution is 7.90. The number of aromatic amines is 1. The molecule has 2 aliphatic rings. The molecule has 1 saturated carbocycles. The second-order valence-corrected chi connectivity index (χ2v) is 12.5. The summed E-state index contributed by atoms with van der Waals surface area (Å²) in [6, 6.07) is 7.19. The number of sulfone groups is 1. The molecule has 0 bridgehead atoms. The Morgan fingerprint density at radius 3 is 2.61 bits per heavy atom. The number of nitrogens with one attached hydrogen (secondary N) is 2. The summed E-state index contributed by atoms with van der Waals surface area (Å²) in [5, 5.41) is 2.93. The smallest absolute Gasteiger partial charge is 0.271 e. The van der Waals surface area contributed by atoms with Crippen LogP contribution < -0.4 is 5.32 Å². The Morgan fingerprint density at radius 1 is 1.21 bits per heavy atom. The van der Waals surface area contributed by atoms with E-state index in [1.54, 1.807) is 30.2 Å². The first-order chi connectivity index (χ1) is 18.0. The van der Waals surface area contributed by atoms with Gasteiger partial charge in [0.05, 0.1) is 10.5 Å². The molecule has 1 aromatic carbocycles. The van der Waals surface area contributed by atoms with Crippen LogP contribution in [0.15, 0.2) is 35.4 Å². The maximum atomic E-state index is 13.3. The summed E-state index contributed by atoms with van der Waals surface area (Å²) in [4.78, 5) is 39.9. The van der Waals surface area contributed by atoms with E-state index in [9.17, 15) is 18.0 Å². The number of carbonyl (C=O) groups is 2. The van der Waals surface area contributed by atoms with Crippen molar-refractivity contribution in [3.63, 3.8) is 0 Å². The van der Waals surface area contributed by atoms with Crippen molar-refractivity contribution in [1.29, 1.82) is 0 Å². The van der Waals surface area contributed by atoms with Crippen molar-refractivity contribution >= 4 is 21.7 Å². The Labute approximate surface area is 223 Å². The zero-order valence-electron chi connectivity index (χ0n) is 22.3. The van der Waals surface area contributed by atoms with Gasteiger partial charge in [0, 0.05) is 36.8 Å². The molecule has 10 heteroatoms. The lowest BCUT2D eigenvalue weighted by Crippen LogP contribution is -2.35. The Balaban J connectivity index is 1.52. The third kappa shape index (κ3) is 4.84. The number of imidazole rings is 1. The number of carbonyl (C=O) groups excluding carboxylic acids is 2. The van der Waals surface area contributed by atoms with Crippen molar-refractivity contribution in [2.75, 3.05) is 6.26 Å². The number of hydrogen-bond acceptors (Lipinski definition) is 6. The van der Waals surface area contributed by atoms with E-state index in [2.05, 4.69) is 20.3 Å². The molecule has 1 aliphatic heterocycles. The number of aromatic nitrogens is 3. The maximum Gasteiger partial charge on any atom is 0.271 e. The first-order valence-electron chi connectivity index (χ1n) is 13.0. The molecule has 2 amide bonds. The molecule has 38 heavy (non-hydrogen) atoms. The molecule has 5 rings (SSSR count). The van der Waals surface area contributed by atoms with Crippen molar-refractivity contribution in [1.82, 2.24) is 25.2 Å². The van der Waals surface area contributed by atoms with E-state index in [-0.39, 0.29) is 34.4 Å². The number of fused-ring (bicyclic) bond motifs is 1. The summed E-state index contributed by atoms with van der Waals surface area (Å²) in [7, 11) is -3.66. The third-order valence-electron chi connectivity index (χ3n) is 7.62. The van der Waals surface area contributed by atoms with Crippen LogP contribution in [0.25, 0.3) is 22.6 Å². The van der Waals surface area contributed by atoms with Gasteiger partial charge in [-0.15, -0.1) is 0 Å². The van der Waals surface area contributed by atoms with Crippen molar-refractivity contribution in [3.8, 4) is 22.6 Å². The quantitative estimate of drug-likeness (QED) is 0.447. The minimum Gasteiger partial charge on any atom is -0.348 e. The van der Waals surface area contributed by atoms with E-state index in [4.69, 9.17) is 0 Å². The van der Waals surface area contributed by atoms with E-state index in [0.717, 1.165) is 36.6 Å². The van der Waals surface area contributed by atoms with Crippen LogP contribution in [0.2, 0.25) is 0 Å². The van der Waals surface area contributed by atoms with E-state index in [1.165, 1.54) is 0 Å². The van der Waals surface area contributed by atoms with Crippen molar-refractivity contribution in [3.05, 3.63) is 53.0 Å². The van der Waals surface area contributed by atoms with Gasteiger partial charge in [-0.2, -0.15) is 0 Å². The number of pyridine rings is 1. The van der Waals surface area contributed by atoms with E-state index < -0.39 is 9.84 Å². The summed E-state index contributed by atoms with van der Waals surface area (Å²) in [5.74, 6) is 0.464. The monoisotopic (exact) mass is 535 g/mol. The van der Waals surface area contributed by atoms with Gasteiger partial charge in [-0.25, -0.2) is 13.4 Å². The number of nitrogens with zero attached hydrogens (tertiary/aromatic N) is 3. The minimum absolute atomic E-state index is 0.0300. The first kappa shape index (κ1) is 26.1. The average molecular weight is 536 g/mol. The van der Waals surface area contributed by atoms with Crippen LogP contribution in [0.4, 0.5) is 0 Å². The molecule has 2 atom stereocenters. The van der Waals surface area contributed by atoms with Gasteiger partial charge in [-0.1, -0.05) is 6.92 Å². The standard InChI is InChI=1S/C28H33N5O4S/c1-6-15(2)30-27(34)25-16(3)31-26(32-25)22-12-19(9-10-29-22)20-11-21-14-33(17(4)18-7-8-18)28(35)24(21)23(13-20)38(5,36)37/h9-13,15,17-18H,6-8,14H2,1-5H3,(H,30,34)(H,31,32). The molecule has 0 radical (unpaired) electrons. The van der Waals surface area contributed by atoms with Crippen molar-refractivity contribution in [2.24, 2.45) is 5.92 Å². The van der Waals surface area contributed by atoms with Crippen LogP contribution in [0.3, 0.4) is 0 Å². The molecule has 3 heterocycles. The lowest BCUT2D eigenvalue weighted by molar-refractivity contribution is 0.0694. The van der Waals surface area contributed by atoms with Gasteiger partial charge in [0.25, 0.3) is 11.8 Å². The van der Waals surface area contributed by atoms with Gasteiger partial charge in [-0.05, 0) is 86.9 Å². The SMILES string of the molecule is CCC(C)NC(=O)c1nc(-c2cc(-c3cc4c(c(S(C)(=O)=O)c3)C(=O)N(C(C)C3CC3)C4)ccn2)[nH]c1C. The zero-order chi connectivity index (χ0) is 27.4.